The third kappa shape index (κ3) is 5.38. The van der Waals surface area contributed by atoms with Crippen molar-refractivity contribution in [2.45, 2.75) is 64.3 Å². The van der Waals surface area contributed by atoms with Crippen molar-refractivity contribution >= 4 is 18.0 Å². The Morgan fingerprint density at radius 2 is 2.00 bits per heavy atom. The third-order valence-corrected chi connectivity index (χ3v) is 7.78. The molecule has 0 amide bonds. The van der Waals surface area contributed by atoms with E-state index in [0.29, 0.717) is 12.6 Å². The highest BCUT2D eigenvalue weighted by atomic mass is 16.3. The lowest BCUT2D eigenvalue weighted by Gasteiger charge is -2.41. The molecular weight excluding hydrogens is 464 g/mol. The van der Waals surface area contributed by atoms with Crippen LogP contribution in [0.3, 0.4) is 0 Å². The number of hydrogen-bond donors (Lipinski definition) is 3. The molecule has 2 aliphatic heterocycles. The fourth-order valence-corrected chi connectivity index (χ4v) is 5.80. The van der Waals surface area contributed by atoms with E-state index in [4.69, 9.17) is 10.1 Å². The van der Waals surface area contributed by atoms with Crippen LogP contribution in [0.5, 0.6) is 0 Å². The van der Waals surface area contributed by atoms with Crippen LogP contribution >= 0.6 is 0 Å². The number of carbonyl (C=O) groups is 1. The minimum Gasteiger partial charge on any atom is -0.389 e. The number of carbonyl (C=O) groups excluding carboxylic acids is 1. The normalized spacial score (nSPS) is 24.9. The second kappa shape index (κ2) is 11.2. The molecule has 3 N–H and O–H groups in total. The Bertz CT molecular complexity index is 1270. The molecule has 2 saturated heterocycles. The highest BCUT2D eigenvalue weighted by Crippen LogP contribution is 2.23. The number of rotatable bonds is 8. The smallest absolute Gasteiger partial charge is 0.159 e. The summed E-state index contributed by atoms with van der Waals surface area (Å²) in [5.41, 5.74) is 7.83. The molecule has 2 fully saturated rings. The second-order valence-corrected chi connectivity index (χ2v) is 10.3. The molecule has 8 heteroatoms. The van der Waals surface area contributed by atoms with E-state index in [2.05, 4.69) is 71.9 Å². The van der Waals surface area contributed by atoms with Gasteiger partial charge in [-0.2, -0.15) is 5.10 Å². The van der Waals surface area contributed by atoms with Gasteiger partial charge in [0.05, 0.1) is 23.9 Å². The molecule has 2 unspecified atom stereocenters. The SMILES string of the molecule is CCc1nn2c(C)cc(C)nc2c1Cc1ccc(/C=C/CC2CNCCN2C2CN[C@H](C=O)[C@H]2O)cc1. The van der Waals surface area contributed by atoms with Gasteiger partial charge in [0.15, 0.2) is 5.65 Å². The first-order chi connectivity index (χ1) is 18.0. The number of aryl methyl sites for hydroxylation is 3. The zero-order valence-corrected chi connectivity index (χ0v) is 22.0. The number of aromatic nitrogens is 3. The van der Waals surface area contributed by atoms with Gasteiger partial charge >= 0.3 is 0 Å². The van der Waals surface area contributed by atoms with E-state index in [9.17, 15) is 9.90 Å². The molecule has 2 aliphatic rings. The highest BCUT2D eigenvalue weighted by Gasteiger charge is 2.40. The first-order valence-corrected chi connectivity index (χ1v) is 13.4. The zero-order valence-electron chi connectivity index (χ0n) is 22.0. The molecule has 0 radical (unpaired) electrons. The summed E-state index contributed by atoms with van der Waals surface area (Å²) in [6.07, 6.45) is 7.15. The molecule has 5 rings (SSSR count). The van der Waals surface area contributed by atoms with Gasteiger partial charge < -0.3 is 20.5 Å². The Morgan fingerprint density at radius 3 is 2.73 bits per heavy atom. The van der Waals surface area contributed by atoms with Crippen LogP contribution in [0.15, 0.2) is 36.4 Å². The summed E-state index contributed by atoms with van der Waals surface area (Å²) in [6, 6.07) is 10.6. The van der Waals surface area contributed by atoms with Crippen LogP contribution in [0, 0.1) is 13.8 Å². The molecule has 2 aromatic heterocycles. The maximum absolute atomic E-state index is 11.2. The summed E-state index contributed by atoms with van der Waals surface area (Å²) < 4.78 is 1.97. The Hall–Kier alpha value is -2.91. The number of hydrogen-bond acceptors (Lipinski definition) is 7. The van der Waals surface area contributed by atoms with Crippen LogP contribution in [0.2, 0.25) is 0 Å². The van der Waals surface area contributed by atoms with E-state index in [1.807, 2.05) is 11.4 Å². The molecular formula is C29H38N6O2. The van der Waals surface area contributed by atoms with E-state index in [0.717, 1.165) is 67.9 Å². The van der Waals surface area contributed by atoms with Gasteiger partial charge in [0.1, 0.15) is 6.29 Å². The van der Waals surface area contributed by atoms with E-state index >= 15 is 0 Å². The molecule has 0 aliphatic carbocycles. The number of nitrogens with zero attached hydrogens (tertiary/aromatic N) is 4. The van der Waals surface area contributed by atoms with Gasteiger partial charge in [-0.05, 0) is 43.9 Å². The Labute approximate surface area is 218 Å². The Morgan fingerprint density at radius 1 is 1.19 bits per heavy atom. The molecule has 0 spiro atoms. The fourth-order valence-electron chi connectivity index (χ4n) is 5.80. The Balaban J connectivity index is 1.25. The number of nitrogens with one attached hydrogen (secondary N) is 2. The van der Waals surface area contributed by atoms with Crippen LogP contribution in [-0.2, 0) is 17.6 Å². The van der Waals surface area contributed by atoms with Crippen molar-refractivity contribution in [2.75, 3.05) is 26.2 Å². The van der Waals surface area contributed by atoms with Crippen molar-refractivity contribution in [3.05, 3.63) is 70.2 Å². The molecule has 196 valence electrons. The molecule has 3 aromatic rings. The van der Waals surface area contributed by atoms with Crippen LogP contribution in [0.1, 0.15) is 47.1 Å². The summed E-state index contributed by atoms with van der Waals surface area (Å²) in [4.78, 5) is 18.4. The highest BCUT2D eigenvalue weighted by molar-refractivity contribution is 5.60. The minimum absolute atomic E-state index is 0.0232. The van der Waals surface area contributed by atoms with Crippen molar-refractivity contribution in [3.8, 4) is 0 Å². The van der Waals surface area contributed by atoms with Crippen molar-refractivity contribution in [1.29, 1.82) is 0 Å². The van der Waals surface area contributed by atoms with Gasteiger partial charge in [-0.25, -0.2) is 9.50 Å². The van der Waals surface area contributed by atoms with Gasteiger partial charge in [-0.1, -0.05) is 43.3 Å². The van der Waals surface area contributed by atoms with E-state index in [1.54, 1.807) is 0 Å². The third-order valence-electron chi connectivity index (χ3n) is 7.78. The van der Waals surface area contributed by atoms with Crippen LogP contribution in [0.25, 0.3) is 11.7 Å². The van der Waals surface area contributed by atoms with Gasteiger partial charge in [0, 0.05) is 55.6 Å². The molecule has 0 saturated carbocycles. The summed E-state index contributed by atoms with van der Waals surface area (Å²) in [6.45, 7) is 9.56. The van der Waals surface area contributed by atoms with Crippen LogP contribution in [-0.4, -0.2) is 81.3 Å². The molecule has 37 heavy (non-hydrogen) atoms. The van der Waals surface area contributed by atoms with Crippen LogP contribution in [0.4, 0.5) is 0 Å². The largest absolute Gasteiger partial charge is 0.389 e. The Kier molecular flexibility index (Phi) is 7.81. The standard InChI is InChI=1S/C29H38N6O2/c1-4-25-24(29-32-19(2)14-20(3)35(29)33-25)15-22-10-8-21(9-11-22)6-5-7-23-16-30-12-13-34(23)27-17-31-26(18-36)28(27)37/h5-6,8-11,14,18,23,26-28,30-31,37H,4,7,12-13,15-17H2,1-3H3/b6-5+/t23?,26-,27?,28-/m1/s1. The number of piperazine rings is 1. The predicted octanol–water partition coefficient (Wildman–Crippen LogP) is 2.08. The number of aliphatic hydroxyl groups is 1. The van der Waals surface area contributed by atoms with Gasteiger partial charge in [0.25, 0.3) is 0 Å². The molecule has 1 aromatic carbocycles. The maximum Gasteiger partial charge on any atom is 0.159 e. The molecule has 0 bridgehead atoms. The van der Waals surface area contributed by atoms with Crippen LogP contribution < -0.4 is 10.6 Å². The monoisotopic (exact) mass is 502 g/mol. The van der Waals surface area contributed by atoms with Crippen molar-refractivity contribution in [1.82, 2.24) is 30.1 Å². The van der Waals surface area contributed by atoms with Crippen molar-refractivity contribution < 1.29 is 9.90 Å². The maximum atomic E-state index is 11.2. The van der Waals surface area contributed by atoms with E-state index < -0.39 is 12.1 Å². The molecule has 8 nitrogen and oxygen atoms in total. The van der Waals surface area contributed by atoms with Gasteiger partial charge in [-0.3, -0.25) is 4.90 Å². The number of aliphatic hydroxyl groups excluding tert-OH is 1. The topological polar surface area (TPSA) is 94.8 Å². The molecule has 4 atom stereocenters. The quantitative estimate of drug-likeness (QED) is 0.406. The predicted molar refractivity (Wildman–Crippen MR) is 146 cm³/mol. The number of fused-ring (bicyclic) bond motifs is 1. The number of benzene rings is 1. The van der Waals surface area contributed by atoms with Gasteiger partial charge in [0.2, 0.25) is 0 Å². The zero-order chi connectivity index (χ0) is 25.9. The number of aldehydes is 1. The van der Waals surface area contributed by atoms with Crippen molar-refractivity contribution in [3.63, 3.8) is 0 Å². The lowest BCUT2D eigenvalue weighted by atomic mass is 10.0. The second-order valence-electron chi connectivity index (χ2n) is 10.3. The summed E-state index contributed by atoms with van der Waals surface area (Å²) in [5, 5.41) is 22.0. The summed E-state index contributed by atoms with van der Waals surface area (Å²) in [7, 11) is 0. The minimum atomic E-state index is -0.654. The van der Waals surface area contributed by atoms with E-state index in [1.165, 1.54) is 16.7 Å². The van der Waals surface area contributed by atoms with E-state index in [-0.39, 0.29) is 6.04 Å². The summed E-state index contributed by atoms with van der Waals surface area (Å²) >= 11 is 0. The lowest BCUT2D eigenvalue weighted by molar-refractivity contribution is -0.111. The summed E-state index contributed by atoms with van der Waals surface area (Å²) in [5.74, 6) is 0. The fraction of sp³-hybridized carbons (Fsp3) is 0.483. The van der Waals surface area contributed by atoms with Gasteiger partial charge in [-0.15, -0.1) is 0 Å². The first kappa shape index (κ1) is 25.7. The van der Waals surface area contributed by atoms with Crippen molar-refractivity contribution in [2.24, 2.45) is 0 Å². The lowest BCUT2D eigenvalue weighted by Crippen LogP contribution is -2.58. The first-order valence-electron chi connectivity index (χ1n) is 13.4. The average Bonchev–Trinajstić information content (AvgIpc) is 3.45. The average molecular weight is 503 g/mol. The molecule has 4 heterocycles.